The van der Waals surface area contributed by atoms with Gasteiger partial charge in [-0.3, -0.25) is 4.98 Å². The van der Waals surface area contributed by atoms with Crippen molar-refractivity contribution in [2.75, 3.05) is 0 Å². The van der Waals surface area contributed by atoms with Gasteiger partial charge in [-0.05, 0) is 91.0 Å². The number of pyridine rings is 1. The summed E-state index contributed by atoms with van der Waals surface area (Å²) in [5, 5.41) is 2.22. The normalized spacial score (nSPS) is 11.7. The fraction of sp³-hybridized carbons (Fsp3) is 0.0256. The molecule has 6 heteroatoms. The van der Waals surface area contributed by atoms with Gasteiger partial charge in [0.15, 0.2) is 0 Å². The molecule has 9 rings (SSSR count). The highest BCUT2D eigenvalue weighted by atomic mass is 16.3. The van der Waals surface area contributed by atoms with E-state index in [2.05, 4.69) is 87.9 Å². The van der Waals surface area contributed by atoms with E-state index in [0.29, 0.717) is 0 Å². The lowest BCUT2D eigenvalue weighted by Gasteiger charge is -2.13. The van der Waals surface area contributed by atoms with E-state index < -0.39 is 0 Å². The molecule has 0 amide bonds. The topological polar surface area (TPSA) is 61.9 Å². The van der Waals surface area contributed by atoms with Gasteiger partial charge in [0.2, 0.25) is 0 Å². The zero-order valence-corrected chi connectivity index (χ0v) is 24.4. The Hall–Kier alpha value is -6.14. The number of hydrogen-bond donors (Lipinski definition) is 0. The highest BCUT2D eigenvalue weighted by molar-refractivity contribution is 6.13. The number of hydrogen-bond acceptors (Lipinski definition) is 4. The van der Waals surface area contributed by atoms with Crippen molar-refractivity contribution in [3.8, 4) is 51.0 Å². The fourth-order valence-electron chi connectivity index (χ4n) is 6.48. The molecule has 0 aliphatic carbocycles. The van der Waals surface area contributed by atoms with Crippen molar-refractivity contribution >= 4 is 32.8 Å². The first-order valence-electron chi connectivity index (χ1n) is 14.9. The first-order valence-corrected chi connectivity index (χ1v) is 14.9. The molecule has 0 saturated heterocycles. The van der Waals surface area contributed by atoms with E-state index in [1.807, 2.05) is 60.8 Å². The maximum absolute atomic E-state index is 6.03. The van der Waals surface area contributed by atoms with Gasteiger partial charge in [0.25, 0.3) is 0 Å². The van der Waals surface area contributed by atoms with E-state index in [0.717, 1.165) is 83.8 Å². The van der Waals surface area contributed by atoms with Crippen LogP contribution in [0.3, 0.4) is 0 Å². The number of nitrogens with zero attached hydrogens (tertiary/aromatic N) is 4. The van der Waals surface area contributed by atoms with Crippen LogP contribution in [0.1, 0.15) is 0 Å². The van der Waals surface area contributed by atoms with Crippen molar-refractivity contribution in [3.63, 3.8) is 0 Å². The minimum atomic E-state index is 0.791. The second-order valence-corrected chi connectivity index (χ2v) is 11.2. The van der Waals surface area contributed by atoms with Gasteiger partial charge in [-0.25, -0.2) is 4.98 Å². The molecule has 214 valence electrons. The molecular weight excluding hydrogens is 556 g/mol. The molecule has 0 fully saturated rings. The van der Waals surface area contributed by atoms with Crippen LogP contribution < -0.4 is 0 Å². The standard InChI is InChI=1S/C39H26N4O2/c1-42-35-13-3-2-12-33(35)41-39(42)31-24-36-29(23-30(31)38-15-8-20-45-38)28-22-26(37-14-7-19-44-37)16-17-34(28)43(36)27-10-6-9-25(21-27)32-11-4-5-18-40-32/h2-24H,1H3. The highest BCUT2D eigenvalue weighted by Crippen LogP contribution is 2.42. The lowest BCUT2D eigenvalue weighted by molar-refractivity contribution is 0.582. The van der Waals surface area contributed by atoms with Gasteiger partial charge in [0.05, 0.1) is 40.3 Å². The SMILES string of the molecule is Cn1c(-c2cc3c(cc2-c2ccco2)c2cc(-c4ccco4)ccc2n3-c2cccc(-c3ccccn3)c2)nc2ccccc21. The third-order valence-electron chi connectivity index (χ3n) is 8.59. The Labute approximate surface area is 258 Å². The van der Waals surface area contributed by atoms with Crippen LogP contribution in [0.2, 0.25) is 0 Å². The summed E-state index contributed by atoms with van der Waals surface area (Å²) < 4.78 is 16.3. The number of imidazole rings is 1. The third-order valence-corrected chi connectivity index (χ3v) is 8.59. The summed E-state index contributed by atoms with van der Waals surface area (Å²) in [5.41, 5.74) is 10.2. The van der Waals surface area contributed by atoms with Gasteiger partial charge in [-0.15, -0.1) is 0 Å². The molecule has 4 aromatic carbocycles. The van der Waals surface area contributed by atoms with E-state index in [-0.39, 0.29) is 0 Å². The van der Waals surface area contributed by atoms with Gasteiger partial charge in [-0.2, -0.15) is 0 Å². The first-order chi connectivity index (χ1) is 22.2. The molecule has 0 aliphatic heterocycles. The van der Waals surface area contributed by atoms with Gasteiger partial charge in [-0.1, -0.05) is 30.3 Å². The fourth-order valence-corrected chi connectivity index (χ4v) is 6.48. The Morgan fingerprint density at radius 1 is 0.578 bits per heavy atom. The van der Waals surface area contributed by atoms with E-state index in [1.54, 1.807) is 12.5 Å². The molecule has 0 saturated carbocycles. The van der Waals surface area contributed by atoms with Crippen LogP contribution in [-0.2, 0) is 7.05 Å². The number of benzene rings is 4. The summed E-state index contributed by atoms with van der Waals surface area (Å²) in [6.07, 6.45) is 5.27. The Kier molecular flexibility index (Phi) is 5.62. The maximum Gasteiger partial charge on any atom is 0.141 e. The third kappa shape index (κ3) is 4.03. The van der Waals surface area contributed by atoms with Crippen LogP contribution in [0.4, 0.5) is 0 Å². The van der Waals surface area contributed by atoms with Gasteiger partial charge < -0.3 is 18.0 Å². The molecule has 6 nitrogen and oxygen atoms in total. The zero-order valence-electron chi connectivity index (χ0n) is 24.4. The summed E-state index contributed by atoms with van der Waals surface area (Å²) >= 11 is 0. The number of furan rings is 2. The van der Waals surface area contributed by atoms with Crippen molar-refractivity contribution in [3.05, 3.63) is 140 Å². The Bertz CT molecular complexity index is 2480. The molecular formula is C39H26N4O2. The average molecular weight is 583 g/mol. The molecule has 0 unspecified atom stereocenters. The van der Waals surface area contributed by atoms with Crippen molar-refractivity contribution in [1.29, 1.82) is 0 Å². The van der Waals surface area contributed by atoms with Crippen molar-refractivity contribution in [1.82, 2.24) is 19.1 Å². The minimum absolute atomic E-state index is 0.791. The quantitative estimate of drug-likeness (QED) is 0.203. The smallest absolute Gasteiger partial charge is 0.141 e. The lowest BCUT2D eigenvalue weighted by Crippen LogP contribution is -1.98. The van der Waals surface area contributed by atoms with Crippen molar-refractivity contribution in [2.24, 2.45) is 7.05 Å². The van der Waals surface area contributed by atoms with Crippen LogP contribution in [0, 0.1) is 0 Å². The zero-order chi connectivity index (χ0) is 29.9. The molecule has 5 aromatic heterocycles. The Morgan fingerprint density at radius 2 is 1.40 bits per heavy atom. The monoisotopic (exact) mass is 582 g/mol. The van der Waals surface area contributed by atoms with Gasteiger partial charge in [0.1, 0.15) is 17.3 Å². The Balaban J connectivity index is 1.39. The molecule has 9 aromatic rings. The number of para-hydroxylation sites is 2. The number of rotatable bonds is 5. The molecule has 45 heavy (non-hydrogen) atoms. The van der Waals surface area contributed by atoms with E-state index in [9.17, 15) is 0 Å². The molecule has 0 N–H and O–H groups in total. The second-order valence-electron chi connectivity index (χ2n) is 11.2. The average Bonchev–Trinajstić information content (AvgIpc) is 3.91. The number of aromatic nitrogens is 4. The molecule has 0 radical (unpaired) electrons. The van der Waals surface area contributed by atoms with Crippen LogP contribution in [-0.4, -0.2) is 19.1 Å². The number of aryl methyl sites for hydroxylation is 1. The largest absolute Gasteiger partial charge is 0.464 e. The van der Waals surface area contributed by atoms with E-state index >= 15 is 0 Å². The summed E-state index contributed by atoms with van der Waals surface area (Å²) in [7, 11) is 2.07. The van der Waals surface area contributed by atoms with Crippen molar-refractivity contribution < 1.29 is 8.83 Å². The number of fused-ring (bicyclic) bond motifs is 4. The van der Waals surface area contributed by atoms with Crippen LogP contribution in [0.25, 0.3) is 83.8 Å². The summed E-state index contributed by atoms with van der Waals surface area (Å²) in [4.78, 5) is 9.73. The van der Waals surface area contributed by atoms with E-state index in [1.165, 1.54) is 0 Å². The van der Waals surface area contributed by atoms with Gasteiger partial charge >= 0.3 is 0 Å². The minimum Gasteiger partial charge on any atom is -0.464 e. The molecule has 0 spiro atoms. The summed E-state index contributed by atoms with van der Waals surface area (Å²) in [6, 6.07) is 41.7. The second kappa shape index (κ2) is 9.96. The van der Waals surface area contributed by atoms with E-state index in [4.69, 9.17) is 13.8 Å². The molecule has 5 heterocycles. The summed E-state index contributed by atoms with van der Waals surface area (Å²) in [6.45, 7) is 0. The first kappa shape index (κ1) is 25.4. The molecule has 0 bridgehead atoms. The van der Waals surface area contributed by atoms with Crippen LogP contribution >= 0.6 is 0 Å². The molecule has 0 atom stereocenters. The van der Waals surface area contributed by atoms with Crippen LogP contribution in [0.5, 0.6) is 0 Å². The maximum atomic E-state index is 6.03. The van der Waals surface area contributed by atoms with Crippen LogP contribution in [0.15, 0.2) is 149 Å². The summed E-state index contributed by atoms with van der Waals surface area (Å²) in [5.74, 6) is 2.50. The van der Waals surface area contributed by atoms with Crippen molar-refractivity contribution in [2.45, 2.75) is 0 Å². The van der Waals surface area contributed by atoms with Gasteiger partial charge in [0, 0.05) is 52.0 Å². The Morgan fingerprint density at radius 3 is 2.20 bits per heavy atom. The highest BCUT2D eigenvalue weighted by Gasteiger charge is 2.22. The lowest BCUT2D eigenvalue weighted by atomic mass is 9.99. The predicted molar refractivity (Wildman–Crippen MR) is 179 cm³/mol. The predicted octanol–water partition coefficient (Wildman–Crippen LogP) is 9.92. The molecule has 0 aliphatic rings.